The van der Waals surface area contributed by atoms with Crippen molar-refractivity contribution in [2.24, 2.45) is 5.92 Å². The molecule has 94 valence electrons. The van der Waals surface area contributed by atoms with E-state index in [2.05, 4.69) is 23.7 Å². The van der Waals surface area contributed by atoms with Gasteiger partial charge in [0.15, 0.2) is 0 Å². The number of nitrogens with zero attached hydrogens (tertiary/aromatic N) is 2. The second kappa shape index (κ2) is 5.00. The maximum atomic E-state index is 13.1. The van der Waals surface area contributed by atoms with Crippen LogP contribution in [0.3, 0.4) is 0 Å². The third kappa shape index (κ3) is 2.41. The fourth-order valence-corrected chi connectivity index (χ4v) is 2.48. The van der Waals surface area contributed by atoms with Crippen molar-refractivity contribution in [2.45, 2.75) is 39.3 Å². The average molecular weight is 238 g/mol. The van der Waals surface area contributed by atoms with Gasteiger partial charge in [0.2, 0.25) is 0 Å². The first kappa shape index (κ1) is 12.3. The smallest absolute Gasteiger partial charge is 0.142 e. The highest BCUT2D eigenvalue weighted by molar-refractivity contribution is 5.48. The Morgan fingerprint density at radius 1 is 1.53 bits per heavy atom. The number of aliphatic hydroxyl groups is 1. The number of piperidine rings is 1. The first-order valence-electron chi connectivity index (χ1n) is 6.15. The van der Waals surface area contributed by atoms with Gasteiger partial charge in [-0.25, -0.2) is 9.37 Å². The maximum absolute atomic E-state index is 13.1. The largest absolute Gasteiger partial charge is 0.392 e. The summed E-state index contributed by atoms with van der Waals surface area (Å²) >= 11 is 0. The quantitative estimate of drug-likeness (QED) is 0.859. The van der Waals surface area contributed by atoms with Gasteiger partial charge in [-0.15, -0.1) is 0 Å². The zero-order chi connectivity index (χ0) is 12.4. The molecular weight excluding hydrogens is 219 g/mol. The lowest BCUT2D eigenvalue weighted by Gasteiger charge is -2.39. The third-order valence-corrected chi connectivity index (χ3v) is 3.73. The zero-order valence-electron chi connectivity index (χ0n) is 10.4. The number of halogens is 1. The van der Waals surface area contributed by atoms with E-state index in [1.54, 1.807) is 0 Å². The highest BCUT2D eigenvalue weighted by Crippen LogP contribution is 2.29. The summed E-state index contributed by atoms with van der Waals surface area (Å²) in [5.74, 6) is 0.936. The van der Waals surface area contributed by atoms with Crippen LogP contribution < -0.4 is 4.90 Å². The van der Waals surface area contributed by atoms with Gasteiger partial charge in [0.05, 0.1) is 12.8 Å². The summed E-state index contributed by atoms with van der Waals surface area (Å²) < 4.78 is 13.1. The van der Waals surface area contributed by atoms with Crippen LogP contribution in [0.4, 0.5) is 10.2 Å². The Bertz CT molecular complexity index is 397. The van der Waals surface area contributed by atoms with Crippen LogP contribution in [0, 0.1) is 11.7 Å². The summed E-state index contributed by atoms with van der Waals surface area (Å²) in [5.41, 5.74) is 0.575. The van der Waals surface area contributed by atoms with E-state index in [-0.39, 0.29) is 6.61 Å². The van der Waals surface area contributed by atoms with Gasteiger partial charge in [-0.1, -0.05) is 6.92 Å². The lowest BCUT2D eigenvalue weighted by molar-refractivity contribution is 0.279. The van der Waals surface area contributed by atoms with Crippen molar-refractivity contribution in [2.75, 3.05) is 11.4 Å². The van der Waals surface area contributed by atoms with Gasteiger partial charge >= 0.3 is 0 Å². The standard InChI is InChI=1S/C13H19FN2O/c1-9-4-3-5-16(10(9)2)13-11(8-17)6-12(14)7-15-13/h6-7,9-10,17H,3-5,8H2,1-2H3. The molecule has 0 radical (unpaired) electrons. The van der Waals surface area contributed by atoms with Crippen LogP contribution >= 0.6 is 0 Å². The lowest BCUT2D eigenvalue weighted by Crippen LogP contribution is -2.43. The van der Waals surface area contributed by atoms with Crippen LogP contribution in [0.1, 0.15) is 32.3 Å². The Morgan fingerprint density at radius 2 is 2.29 bits per heavy atom. The number of hydrogen-bond donors (Lipinski definition) is 1. The van der Waals surface area contributed by atoms with Gasteiger partial charge < -0.3 is 10.0 Å². The second-order valence-corrected chi connectivity index (χ2v) is 4.85. The molecule has 2 unspecified atom stereocenters. The second-order valence-electron chi connectivity index (χ2n) is 4.85. The van der Waals surface area contributed by atoms with Gasteiger partial charge in [0.1, 0.15) is 11.6 Å². The van der Waals surface area contributed by atoms with Crippen LogP contribution in [-0.2, 0) is 6.61 Å². The molecule has 2 heterocycles. The molecule has 1 N–H and O–H groups in total. The van der Waals surface area contributed by atoms with Crippen molar-refractivity contribution in [1.82, 2.24) is 4.98 Å². The fourth-order valence-electron chi connectivity index (χ4n) is 2.48. The molecule has 0 spiro atoms. The van der Waals surface area contributed by atoms with Crippen LogP contribution in [0.15, 0.2) is 12.3 Å². The summed E-state index contributed by atoms with van der Waals surface area (Å²) in [6, 6.07) is 1.75. The molecule has 2 rings (SSSR count). The number of hydrogen-bond acceptors (Lipinski definition) is 3. The molecule has 0 aliphatic carbocycles. The van der Waals surface area contributed by atoms with Crippen molar-refractivity contribution < 1.29 is 9.50 Å². The van der Waals surface area contributed by atoms with Crippen LogP contribution in [0.5, 0.6) is 0 Å². The van der Waals surface area contributed by atoms with Crippen molar-refractivity contribution in [1.29, 1.82) is 0 Å². The van der Waals surface area contributed by atoms with E-state index < -0.39 is 5.82 Å². The van der Waals surface area contributed by atoms with E-state index in [1.165, 1.54) is 18.7 Å². The van der Waals surface area contributed by atoms with E-state index in [1.807, 2.05) is 0 Å². The van der Waals surface area contributed by atoms with Crippen LogP contribution in [-0.4, -0.2) is 22.7 Å². The van der Waals surface area contributed by atoms with Gasteiger partial charge in [0.25, 0.3) is 0 Å². The van der Waals surface area contributed by atoms with Crippen molar-refractivity contribution >= 4 is 5.82 Å². The number of pyridine rings is 1. The number of rotatable bonds is 2. The molecule has 17 heavy (non-hydrogen) atoms. The summed E-state index contributed by atoms with van der Waals surface area (Å²) in [6.07, 6.45) is 3.56. The number of anilines is 1. The molecule has 1 saturated heterocycles. The van der Waals surface area contributed by atoms with E-state index in [4.69, 9.17) is 0 Å². The van der Waals surface area contributed by atoms with Crippen molar-refractivity contribution in [3.05, 3.63) is 23.6 Å². The van der Waals surface area contributed by atoms with Crippen LogP contribution in [0.25, 0.3) is 0 Å². The SMILES string of the molecule is CC1CCCN(c2ncc(F)cc2CO)C1C. The molecule has 1 aromatic heterocycles. The molecule has 1 fully saturated rings. The molecule has 3 nitrogen and oxygen atoms in total. The van der Waals surface area contributed by atoms with Gasteiger partial charge in [-0.3, -0.25) is 0 Å². The predicted molar refractivity (Wildman–Crippen MR) is 65.3 cm³/mol. The van der Waals surface area contributed by atoms with Crippen LogP contribution in [0.2, 0.25) is 0 Å². The molecule has 1 aliphatic rings. The summed E-state index contributed by atoms with van der Waals surface area (Å²) in [4.78, 5) is 6.33. The molecular formula is C13H19FN2O. The fraction of sp³-hybridized carbons (Fsp3) is 0.615. The predicted octanol–water partition coefficient (Wildman–Crippen LogP) is 2.34. The highest BCUT2D eigenvalue weighted by Gasteiger charge is 2.27. The minimum Gasteiger partial charge on any atom is -0.392 e. The Hall–Kier alpha value is -1.16. The van der Waals surface area contributed by atoms with Crippen molar-refractivity contribution in [3.63, 3.8) is 0 Å². The topological polar surface area (TPSA) is 36.4 Å². The van der Waals surface area contributed by atoms with Crippen molar-refractivity contribution in [3.8, 4) is 0 Å². The third-order valence-electron chi connectivity index (χ3n) is 3.73. The van der Waals surface area contributed by atoms with E-state index in [0.717, 1.165) is 18.8 Å². The molecule has 1 aliphatic heterocycles. The molecule has 0 saturated carbocycles. The molecule has 2 atom stereocenters. The van der Waals surface area contributed by atoms with E-state index in [0.29, 0.717) is 17.5 Å². The Balaban J connectivity index is 2.32. The molecule has 1 aromatic rings. The molecule has 4 heteroatoms. The van der Waals surface area contributed by atoms with Gasteiger partial charge in [-0.2, -0.15) is 0 Å². The summed E-state index contributed by atoms with van der Waals surface area (Å²) in [5, 5.41) is 9.29. The normalized spacial score (nSPS) is 25.1. The monoisotopic (exact) mass is 238 g/mol. The van der Waals surface area contributed by atoms with E-state index in [9.17, 15) is 9.50 Å². The van der Waals surface area contributed by atoms with Gasteiger partial charge in [0, 0.05) is 18.2 Å². The summed E-state index contributed by atoms with van der Waals surface area (Å²) in [7, 11) is 0. The minimum absolute atomic E-state index is 0.169. The number of aromatic nitrogens is 1. The first-order valence-corrected chi connectivity index (χ1v) is 6.15. The Morgan fingerprint density at radius 3 is 3.00 bits per heavy atom. The Kier molecular flexibility index (Phi) is 3.62. The first-order chi connectivity index (χ1) is 8.13. The van der Waals surface area contributed by atoms with E-state index >= 15 is 0 Å². The zero-order valence-corrected chi connectivity index (χ0v) is 10.4. The minimum atomic E-state index is -0.393. The molecule has 0 bridgehead atoms. The number of aliphatic hydroxyl groups excluding tert-OH is 1. The highest BCUT2D eigenvalue weighted by atomic mass is 19.1. The lowest BCUT2D eigenvalue weighted by atomic mass is 9.92. The molecule has 0 aromatic carbocycles. The van der Waals surface area contributed by atoms with Gasteiger partial charge in [-0.05, 0) is 31.7 Å². The summed E-state index contributed by atoms with van der Waals surface area (Å²) in [6.45, 7) is 5.14. The Labute approximate surface area is 101 Å². The molecule has 0 amide bonds. The average Bonchev–Trinajstić information content (AvgIpc) is 2.33. The maximum Gasteiger partial charge on any atom is 0.142 e.